The largest absolute Gasteiger partial charge is 0.490 e. The monoisotopic (exact) mass is 326 g/mol. The molecular weight excluding hydrogens is 316 g/mol. The van der Waals surface area contributed by atoms with Gasteiger partial charge in [-0.1, -0.05) is 18.2 Å². The zero-order valence-corrected chi connectivity index (χ0v) is 11.4. The Morgan fingerprint density at radius 1 is 1.26 bits per heavy atom. The van der Waals surface area contributed by atoms with Gasteiger partial charge in [0.25, 0.3) is 0 Å². The molecule has 0 aliphatic rings. The number of hydrogen-bond acceptors (Lipinski definition) is 4. The van der Waals surface area contributed by atoms with E-state index in [4.69, 9.17) is 14.6 Å². The number of H-pyrrole nitrogens is 1. The van der Waals surface area contributed by atoms with Crippen LogP contribution in [0.5, 0.6) is 11.6 Å². The summed E-state index contributed by atoms with van der Waals surface area (Å²) in [6.07, 6.45) is 0. The molecule has 0 fully saturated rings. The maximum atomic E-state index is 10.8. The minimum absolute atomic E-state index is 0.0426. The predicted octanol–water partition coefficient (Wildman–Crippen LogP) is 2.33. The van der Waals surface area contributed by atoms with E-state index >= 15 is 0 Å². The summed E-state index contributed by atoms with van der Waals surface area (Å²) in [5.74, 6) is -0.151. The molecule has 7 heteroatoms. The molecule has 0 aliphatic heterocycles. The molecule has 0 aliphatic carbocycles. The van der Waals surface area contributed by atoms with Gasteiger partial charge in [0.15, 0.2) is 5.69 Å². The Hall–Kier alpha value is -2.02. The molecule has 2 rings (SSSR count). The standard InChI is InChI=1S/C12H11BrN2O4/c13-9-10(12(16)17)14-15-11(9)19-7-6-18-8-4-2-1-3-5-8/h1-5H,6-7H2,(H,14,15)(H,16,17). The molecule has 0 saturated heterocycles. The van der Waals surface area contributed by atoms with Crippen LogP contribution < -0.4 is 9.47 Å². The van der Waals surface area contributed by atoms with Gasteiger partial charge < -0.3 is 14.6 Å². The molecule has 2 aromatic rings. The molecule has 100 valence electrons. The van der Waals surface area contributed by atoms with Crippen LogP contribution in [0.15, 0.2) is 34.8 Å². The van der Waals surface area contributed by atoms with Gasteiger partial charge in [-0.2, -0.15) is 0 Å². The Bertz CT molecular complexity index is 556. The summed E-state index contributed by atoms with van der Waals surface area (Å²) in [7, 11) is 0. The Morgan fingerprint density at radius 2 is 1.95 bits per heavy atom. The summed E-state index contributed by atoms with van der Waals surface area (Å²) in [6.45, 7) is 0.600. The fraction of sp³-hybridized carbons (Fsp3) is 0.167. The van der Waals surface area contributed by atoms with Crippen LogP contribution in [0.25, 0.3) is 0 Å². The number of para-hydroxylation sites is 1. The van der Waals surface area contributed by atoms with E-state index in [2.05, 4.69) is 26.1 Å². The number of benzene rings is 1. The van der Waals surface area contributed by atoms with Gasteiger partial charge in [-0.3, -0.25) is 5.10 Å². The van der Waals surface area contributed by atoms with Crippen molar-refractivity contribution in [2.24, 2.45) is 0 Å². The van der Waals surface area contributed by atoms with Gasteiger partial charge in [-0.25, -0.2) is 4.79 Å². The average molecular weight is 327 g/mol. The van der Waals surface area contributed by atoms with Crippen molar-refractivity contribution < 1.29 is 19.4 Å². The highest BCUT2D eigenvalue weighted by Gasteiger charge is 2.17. The molecule has 0 atom stereocenters. The molecule has 0 unspecified atom stereocenters. The van der Waals surface area contributed by atoms with Crippen LogP contribution in [0.4, 0.5) is 0 Å². The van der Waals surface area contributed by atoms with Crippen molar-refractivity contribution in [2.45, 2.75) is 0 Å². The lowest BCUT2D eigenvalue weighted by molar-refractivity contribution is 0.0689. The quantitative estimate of drug-likeness (QED) is 0.796. The van der Waals surface area contributed by atoms with Crippen molar-refractivity contribution in [2.75, 3.05) is 13.2 Å². The molecule has 6 nitrogen and oxygen atoms in total. The summed E-state index contributed by atoms with van der Waals surface area (Å²) in [5, 5.41) is 14.9. The van der Waals surface area contributed by atoms with Gasteiger partial charge in [0.1, 0.15) is 23.4 Å². The van der Waals surface area contributed by atoms with Crippen molar-refractivity contribution in [3.8, 4) is 11.6 Å². The minimum atomic E-state index is -1.10. The van der Waals surface area contributed by atoms with Crippen LogP contribution in [0.1, 0.15) is 10.5 Å². The molecule has 0 radical (unpaired) electrons. The number of hydrogen-bond donors (Lipinski definition) is 2. The van der Waals surface area contributed by atoms with Gasteiger partial charge in [-0.05, 0) is 28.1 Å². The second-order valence-electron chi connectivity index (χ2n) is 3.53. The van der Waals surface area contributed by atoms with Crippen molar-refractivity contribution in [3.05, 3.63) is 40.5 Å². The number of nitrogens with zero attached hydrogens (tertiary/aromatic N) is 1. The lowest BCUT2D eigenvalue weighted by Crippen LogP contribution is -2.09. The van der Waals surface area contributed by atoms with E-state index in [1.165, 1.54) is 0 Å². The van der Waals surface area contributed by atoms with Crippen LogP contribution in [-0.4, -0.2) is 34.5 Å². The normalized spacial score (nSPS) is 10.2. The third-order valence-electron chi connectivity index (χ3n) is 2.22. The number of aromatic carboxylic acids is 1. The zero-order chi connectivity index (χ0) is 13.7. The number of nitrogens with one attached hydrogen (secondary N) is 1. The summed E-state index contributed by atoms with van der Waals surface area (Å²) in [5.41, 5.74) is -0.0426. The number of aromatic amines is 1. The minimum Gasteiger partial charge on any atom is -0.490 e. The van der Waals surface area contributed by atoms with E-state index in [1.54, 1.807) is 0 Å². The van der Waals surface area contributed by atoms with E-state index in [1.807, 2.05) is 30.3 Å². The summed E-state index contributed by atoms with van der Waals surface area (Å²) >= 11 is 3.11. The summed E-state index contributed by atoms with van der Waals surface area (Å²) in [6, 6.07) is 9.33. The molecule has 19 heavy (non-hydrogen) atoms. The number of halogens is 1. The number of rotatable bonds is 6. The van der Waals surface area contributed by atoms with E-state index < -0.39 is 5.97 Å². The van der Waals surface area contributed by atoms with Crippen molar-refractivity contribution in [3.63, 3.8) is 0 Å². The number of carboxylic acids is 1. The van der Waals surface area contributed by atoms with Gasteiger partial charge in [-0.15, -0.1) is 5.10 Å². The lowest BCUT2D eigenvalue weighted by Gasteiger charge is -2.06. The van der Waals surface area contributed by atoms with Gasteiger partial charge in [0.2, 0.25) is 5.88 Å². The topological polar surface area (TPSA) is 84.4 Å². The maximum absolute atomic E-state index is 10.8. The van der Waals surface area contributed by atoms with Gasteiger partial charge >= 0.3 is 5.97 Å². The van der Waals surface area contributed by atoms with Crippen molar-refractivity contribution in [1.29, 1.82) is 0 Å². The fourth-order valence-electron chi connectivity index (χ4n) is 1.36. The number of ether oxygens (including phenoxy) is 2. The first-order valence-corrected chi connectivity index (χ1v) is 6.25. The van der Waals surface area contributed by atoms with E-state index in [0.717, 1.165) is 5.75 Å². The number of carbonyl (C=O) groups is 1. The number of aromatic nitrogens is 2. The van der Waals surface area contributed by atoms with Crippen molar-refractivity contribution >= 4 is 21.9 Å². The molecule has 1 heterocycles. The Morgan fingerprint density at radius 3 is 2.58 bits per heavy atom. The Balaban J connectivity index is 1.82. The number of carboxylic acid groups (broad SMARTS) is 1. The Kier molecular flexibility index (Phi) is 4.40. The van der Waals surface area contributed by atoms with Crippen LogP contribution >= 0.6 is 15.9 Å². The third kappa shape index (κ3) is 3.47. The van der Waals surface area contributed by atoms with Crippen LogP contribution in [0.2, 0.25) is 0 Å². The van der Waals surface area contributed by atoms with E-state index in [9.17, 15) is 4.79 Å². The smallest absolute Gasteiger partial charge is 0.355 e. The third-order valence-corrected chi connectivity index (χ3v) is 2.96. The summed E-state index contributed by atoms with van der Waals surface area (Å²) in [4.78, 5) is 10.8. The van der Waals surface area contributed by atoms with Crippen LogP contribution in [0, 0.1) is 0 Å². The van der Waals surface area contributed by atoms with Gasteiger partial charge in [0.05, 0.1) is 0 Å². The fourth-order valence-corrected chi connectivity index (χ4v) is 1.83. The highest BCUT2D eigenvalue weighted by molar-refractivity contribution is 9.10. The Labute approximate surface area is 117 Å². The van der Waals surface area contributed by atoms with Crippen molar-refractivity contribution in [1.82, 2.24) is 10.2 Å². The van der Waals surface area contributed by atoms with Crippen LogP contribution in [-0.2, 0) is 0 Å². The first-order chi connectivity index (χ1) is 9.18. The zero-order valence-electron chi connectivity index (χ0n) is 9.80. The molecule has 1 aromatic heterocycles. The molecular formula is C12H11BrN2O4. The second kappa shape index (κ2) is 6.24. The second-order valence-corrected chi connectivity index (χ2v) is 4.33. The molecule has 0 amide bonds. The maximum Gasteiger partial charge on any atom is 0.355 e. The van der Waals surface area contributed by atoms with Crippen LogP contribution in [0.3, 0.4) is 0 Å². The molecule has 0 spiro atoms. The highest BCUT2D eigenvalue weighted by Crippen LogP contribution is 2.25. The molecule has 2 N–H and O–H groups in total. The van der Waals surface area contributed by atoms with Gasteiger partial charge in [0, 0.05) is 0 Å². The molecule has 0 saturated carbocycles. The first-order valence-electron chi connectivity index (χ1n) is 5.46. The first kappa shape index (κ1) is 13.4. The van der Waals surface area contributed by atoms with E-state index in [0.29, 0.717) is 11.1 Å². The highest BCUT2D eigenvalue weighted by atomic mass is 79.9. The summed E-state index contributed by atoms with van der Waals surface area (Å²) < 4.78 is 11.0. The average Bonchev–Trinajstić information content (AvgIpc) is 2.77. The van der Waals surface area contributed by atoms with E-state index in [-0.39, 0.29) is 18.2 Å². The predicted molar refractivity (Wildman–Crippen MR) is 70.7 cm³/mol. The lowest BCUT2D eigenvalue weighted by atomic mass is 10.3. The SMILES string of the molecule is O=C(O)c1[nH]nc(OCCOc2ccccc2)c1Br. The molecule has 1 aromatic carbocycles. The molecule has 0 bridgehead atoms.